The standard InChI is InChI=1S/C25H33N5O.2ClH/c1-17(2)30-22-5-3-4-20(23(22)24(28-30)25(27)31)16-19-11-14-29(15-12-19)13-10-18-6-8-21(26)9-7-18;;/h3-9,17,19H,10-16,26H2,1-2H3,(H2,27,31);2*1H. The highest BCUT2D eigenvalue weighted by atomic mass is 35.5. The van der Waals surface area contributed by atoms with Crippen LogP contribution >= 0.6 is 24.8 Å². The SMILES string of the molecule is CC(C)n1nc(C(N)=O)c2c(CC3CCN(CCc4ccc(N)cc4)CC3)cccc21.Cl.Cl. The molecule has 8 heteroatoms. The minimum Gasteiger partial charge on any atom is -0.399 e. The van der Waals surface area contributed by atoms with Crippen molar-refractivity contribution in [1.82, 2.24) is 14.7 Å². The number of benzene rings is 2. The van der Waals surface area contributed by atoms with Gasteiger partial charge in [-0.15, -0.1) is 24.8 Å². The fourth-order valence-corrected chi connectivity index (χ4v) is 4.70. The van der Waals surface area contributed by atoms with Crippen LogP contribution in [0.4, 0.5) is 5.69 Å². The molecule has 2 aromatic carbocycles. The van der Waals surface area contributed by atoms with Crippen LogP contribution in [0.15, 0.2) is 42.5 Å². The molecule has 3 aromatic rings. The maximum atomic E-state index is 12.1. The van der Waals surface area contributed by atoms with E-state index in [9.17, 15) is 4.79 Å². The summed E-state index contributed by atoms with van der Waals surface area (Å²) < 4.78 is 1.92. The largest absolute Gasteiger partial charge is 0.399 e. The van der Waals surface area contributed by atoms with E-state index in [0.717, 1.165) is 49.1 Å². The third-order valence-electron chi connectivity index (χ3n) is 6.45. The van der Waals surface area contributed by atoms with Crippen LogP contribution in [0.25, 0.3) is 10.9 Å². The lowest BCUT2D eigenvalue weighted by Gasteiger charge is -2.32. The Morgan fingerprint density at radius 3 is 2.36 bits per heavy atom. The molecule has 180 valence electrons. The second kappa shape index (κ2) is 11.7. The molecule has 0 atom stereocenters. The number of carbonyl (C=O) groups is 1. The lowest BCUT2D eigenvalue weighted by atomic mass is 9.88. The lowest BCUT2D eigenvalue weighted by Crippen LogP contribution is -2.35. The number of nitrogens with two attached hydrogens (primary N) is 2. The van der Waals surface area contributed by atoms with Gasteiger partial charge in [-0.1, -0.05) is 24.3 Å². The first-order valence-corrected chi connectivity index (χ1v) is 11.3. The fourth-order valence-electron chi connectivity index (χ4n) is 4.70. The predicted molar refractivity (Wildman–Crippen MR) is 141 cm³/mol. The van der Waals surface area contributed by atoms with Crippen molar-refractivity contribution in [2.24, 2.45) is 11.7 Å². The monoisotopic (exact) mass is 491 g/mol. The zero-order chi connectivity index (χ0) is 22.0. The van der Waals surface area contributed by atoms with Crippen LogP contribution in [0.5, 0.6) is 0 Å². The molecule has 0 spiro atoms. The third-order valence-corrected chi connectivity index (χ3v) is 6.45. The fraction of sp³-hybridized carbons (Fsp3) is 0.440. The second-order valence-electron chi connectivity index (χ2n) is 9.04. The van der Waals surface area contributed by atoms with Gasteiger partial charge in [-0.05, 0) is 87.9 Å². The summed E-state index contributed by atoms with van der Waals surface area (Å²) in [6.45, 7) is 7.46. The minimum absolute atomic E-state index is 0. The number of nitrogens with zero attached hydrogens (tertiary/aromatic N) is 3. The van der Waals surface area contributed by atoms with Crippen molar-refractivity contribution in [3.8, 4) is 0 Å². The van der Waals surface area contributed by atoms with Gasteiger partial charge >= 0.3 is 0 Å². The van der Waals surface area contributed by atoms with Gasteiger partial charge in [-0.2, -0.15) is 5.10 Å². The molecule has 1 aliphatic rings. The predicted octanol–water partition coefficient (Wildman–Crippen LogP) is 4.64. The van der Waals surface area contributed by atoms with Crippen LogP contribution in [0.2, 0.25) is 0 Å². The highest BCUT2D eigenvalue weighted by Crippen LogP contribution is 2.30. The quantitative estimate of drug-likeness (QED) is 0.471. The van der Waals surface area contributed by atoms with Crippen LogP contribution in [0.3, 0.4) is 0 Å². The molecule has 1 fully saturated rings. The molecule has 0 unspecified atom stereocenters. The first kappa shape index (κ1) is 27.0. The maximum Gasteiger partial charge on any atom is 0.269 e. The van der Waals surface area contributed by atoms with E-state index < -0.39 is 5.91 Å². The molecule has 2 heterocycles. The third kappa shape index (κ3) is 6.19. The normalized spacial score (nSPS) is 14.8. The zero-order valence-corrected chi connectivity index (χ0v) is 21.0. The van der Waals surface area contributed by atoms with Gasteiger partial charge in [0.25, 0.3) is 5.91 Å². The van der Waals surface area contributed by atoms with E-state index >= 15 is 0 Å². The topological polar surface area (TPSA) is 90.2 Å². The van der Waals surface area contributed by atoms with E-state index in [-0.39, 0.29) is 30.9 Å². The van der Waals surface area contributed by atoms with Crippen LogP contribution < -0.4 is 11.5 Å². The van der Waals surface area contributed by atoms with E-state index in [1.807, 2.05) is 22.9 Å². The number of likely N-dealkylation sites (tertiary alicyclic amines) is 1. The Balaban J connectivity index is 0.00000193. The van der Waals surface area contributed by atoms with Crippen LogP contribution in [0.1, 0.15) is 54.3 Å². The highest BCUT2D eigenvalue weighted by molar-refractivity contribution is 6.05. The van der Waals surface area contributed by atoms with E-state index in [2.05, 4.69) is 48.1 Å². The first-order valence-electron chi connectivity index (χ1n) is 11.3. The van der Waals surface area contributed by atoms with Gasteiger partial charge in [-0.3, -0.25) is 9.48 Å². The van der Waals surface area contributed by atoms with Crippen LogP contribution in [-0.2, 0) is 12.8 Å². The number of amides is 1. The van der Waals surface area contributed by atoms with Crippen molar-refractivity contribution in [3.05, 3.63) is 59.3 Å². The van der Waals surface area contributed by atoms with Crippen molar-refractivity contribution in [2.45, 2.75) is 45.6 Å². The molecule has 0 saturated carbocycles. The number of aromatic nitrogens is 2. The first-order chi connectivity index (χ1) is 14.9. The number of piperidine rings is 1. The van der Waals surface area contributed by atoms with Gasteiger partial charge in [0.1, 0.15) is 0 Å². The Morgan fingerprint density at radius 2 is 1.76 bits per heavy atom. The van der Waals surface area contributed by atoms with Crippen molar-refractivity contribution in [3.63, 3.8) is 0 Å². The highest BCUT2D eigenvalue weighted by Gasteiger charge is 2.23. The molecule has 4 N–H and O–H groups in total. The Kier molecular flexibility index (Phi) is 9.58. The van der Waals surface area contributed by atoms with Gasteiger partial charge in [0.15, 0.2) is 5.69 Å². The molecule has 0 radical (unpaired) electrons. The smallest absolute Gasteiger partial charge is 0.269 e. The van der Waals surface area contributed by atoms with Gasteiger partial charge < -0.3 is 16.4 Å². The van der Waals surface area contributed by atoms with Crippen LogP contribution in [0, 0.1) is 5.92 Å². The molecule has 33 heavy (non-hydrogen) atoms. The van der Waals surface area contributed by atoms with Crippen molar-refractivity contribution < 1.29 is 4.79 Å². The average Bonchev–Trinajstić information content (AvgIpc) is 3.16. The number of rotatable bonds is 7. The number of carbonyl (C=O) groups excluding carboxylic acids is 1. The van der Waals surface area contributed by atoms with Gasteiger partial charge in [-0.25, -0.2) is 0 Å². The summed E-state index contributed by atoms with van der Waals surface area (Å²) in [6.07, 6.45) is 4.36. The number of fused-ring (bicyclic) bond motifs is 1. The van der Waals surface area contributed by atoms with E-state index in [0.29, 0.717) is 11.6 Å². The minimum atomic E-state index is -0.450. The van der Waals surface area contributed by atoms with Gasteiger partial charge in [0.2, 0.25) is 0 Å². The molecule has 1 amide bonds. The maximum absolute atomic E-state index is 12.1. The zero-order valence-electron chi connectivity index (χ0n) is 19.4. The van der Waals surface area contributed by atoms with Crippen molar-refractivity contribution in [1.29, 1.82) is 0 Å². The molecule has 0 aliphatic carbocycles. The molecule has 4 rings (SSSR count). The molecule has 1 aliphatic heterocycles. The summed E-state index contributed by atoms with van der Waals surface area (Å²) in [5.41, 5.74) is 16.2. The number of hydrogen-bond donors (Lipinski definition) is 2. The number of primary amides is 1. The van der Waals surface area contributed by atoms with Gasteiger partial charge in [0, 0.05) is 23.7 Å². The Labute approximate surface area is 208 Å². The summed E-state index contributed by atoms with van der Waals surface area (Å²) >= 11 is 0. The molecule has 1 aromatic heterocycles. The Hall–Kier alpha value is -2.28. The van der Waals surface area contributed by atoms with Crippen molar-refractivity contribution in [2.75, 3.05) is 25.4 Å². The van der Waals surface area contributed by atoms with Crippen LogP contribution in [-0.4, -0.2) is 40.2 Å². The number of anilines is 1. The summed E-state index contributed by atoms with van der Waals surface area (Å²) in [5, 5.41) is 5.48. The Morgan fingerprint density at radius 1 is 1.09 bits per heavy atom. The molecular weight excluding hydrogens is 457 g/mol. The number of halogens is 2. The summed E-state index contributed by atoms with van der Waals surface area (Å²) in [7, 11) is 0. The molecule has 6 nitrogen and oxygen atoms in total. The van der Waals surface area contributed by atoms with Gasteiger partial charge in [0.05, 0.1) is 5.52 Å². The summed E-state index contributed by atoms with van der Waals surface area (Å²) in [6, 6.07) is 14.6. The summed E-state index contributed by atoms with van der Waals surface area (Å²) in [5.74, 6) is 0.163. The molecule has 1 saturated heterocycles. The number of hydrogen-bond acceptors (Lipinski definition) is 4. The van der Waals surface area contributed by atoms with E-state index in [4.69, 9.17) is 11.5 Å². The van der Waals surface area contributed by atoms with E-state index in [1.54, 1.807) is 0 Å². The number of nitrogen functional groups attached to an aromatic ring is 1. The second-order valence-corrected chi connectivity index (χ2v) is 9.04. The van der Waals surface area contributed by atoms with Crippen molar-refractivity contribution >= 4 is 47.3 Å². The molecule has 0 bridgehead atoms. The summed E-state index contributed by atoms with van der Waals surface area (Å²) in [4.78, 5) is 14.6. The average molecular weight is 492 g/mol. The Bertz CT molecular complexity index is 1060. The molecular formula is C25H35Cl2N5O. The van der Waals surface area contributed by atoms with E-state index in [1.165, 1.54) is 24.0 Å². The lowest BCUT2D eigenvalue weighted by molar-refractivity contribution is 0.0996.